The van der Waals surface area contributed by atoms with Crippen LogP contribution in [0, 0.1) is 0 Å². The molecule has 5 rings (SSSR count). The normalized spacial score (nSPS) is 13.3. The number of hydrogen-bond acceptors (Lipinski definition) is 4. The van der Waals surface area contributed by atoms with E-state index >= 15 is 0 Å². The summed E-state index contributed by atoms with van der Waals surface area (Å²) in [5.74, 6) is 3.51. The Hall–Kier alpha value is -3.40. The minimum Gasteiger partial charge on any atom is -0.490 e. The lowest BCUT2D eigenvalue weighted by atomic mass is 9.91. The van der Waals surface area contributed by atoms with Crippen molar-refractivity contribution in [2.24, 2.45) is 0 Å². The van der Waals surface area contributed by atoms with Crippen molar-refractivity contribution >= 4 is 33.1 Å². The first-order valence-electron chi connectivity index (χ1n) is 19.4. The van der Waals surface area contributed by atoms with Crippen LogP contribution in [0.4, 0.5) is 0 Å². The van der Waals surface area contributed by atoms with E-state index in [-0.39, 0.29) is 0 Å². The van der Waals surface area contributed by atoms with E-state index in [2.05, 4.69) is 77.9 Å². The Kier molecular flexibility index (Phi) is 13.3. The van der Waals surface area contributed by atoms with Crippen LogP contribution in [-0.4, -0.2) is 26.4 Å². The highest BCUT2D eigenvalue weighted by Gasteiger charge is 2.37. The first-order chi connectivity index (χ1) is 23.6. The molecule has 0 bridgehead atoms. The van der Waals surface area contributed by atoms with Crippen LogP contribution in [0.2, 0.25) is 0 Å². The maximum Gasteiger partial charge on any atom is 0.161 e. The molecular weight excluding hydrogens is 592 g/mol. The van der Waals surface area contributed by atoms with Gasteiger partial charge in [-0.2, -0.15) is 0 Å². The largest absolute Gasteiger partial charge is 0.490 e. The maximum atomic E-state index is 6.47. The summed E-state index contributed by atoms with van der Waals surface area (Å²) in [4.78, 5) is 0. The molecule has 0 unspecified atom stereocenters. The van der Waals surface area contributed by atoms with E-state index in [0.29, 0.717) is 26.4 Å². The molecule has 0 spiro atoms. The predicted octanol–water partition coefficient (Wildman–Crippen LogP) is 13.1. The minimum atomic E-state index is 0.705. The van der Waals surface area contributed by atoms with Crippen molar-refractivity contribution in [1.29, 1.82) is 0 Å². The summed E-state index contributed by atoms with van der Waals surface area (Å²) < 4.78 is 25.6. The van der Waals surface area contributed by atoms with Gasteiger partial charge in [-0.15, -0.1) is 0 Å². The first-order valence-corrected chi connectivity index (χ1v) is 19.4. The molecule has 2 aliphatic carbocycles. The van der Waals surface area contributed by atoms with Gasteiger partial charge in [-0.25, -0.2) is 0 Å². The summed E-state index contributed by atoms with van der Waals surface area (Å²) >= 11 is 0. The van der Waals surface area contributed by atoms with Crippen molar-refractivity contribution < 1.29 is 18.9 Å². The molecule has 3 aromatic carbocycles. The molecular formula is C44H60O4. The van der Waals surface area contributed by atoms with E-state index in [1.165, 1.54) is 55.3 Å². The summed E-state index contributed by atoms with van der Waals surface area (Å²) in [6, 6.07) is 14.0. The third kappa shape index (κ3) is 7.90. The fourth-order valence-electron chi connectivity index (χ4n) is 6.93. The summed E-state index contributed by atoms with van der Waals surface area (Å²) in [6.45, 7) is 16.3. The molecule has 48 heavy (non-hydrogen) atoms. The summed E-state index contributed by atoms with van der Waals surface area (Å²) in [7, 11) is 0. The highest BCUT2D eigenvalue weighted by molar-refractivity contribution is 6.32. The van der Waals surface area contributed by atoms with E-state index in [4.69, 9.17) is 18.9 Å². The van der Waals surface area contributed by atoms with Crippen LogP contribution in [0.25, 0.3) is 33.1 Å². The molecule has 3 aromatic rings. The molecule has 0 N–H and O–H groups in total. The number of hydrogen-bond donors (Lipinski definition) is 0. The Bertz CT molecular complexity index is 1590. The zero-order chi connectivity index (χ0) is 33.9. The van der Waals surface area contributed by atoms with Crippen LogP contribution >= 0.6 is 0 Å². The van der Waals surface area contributed by atoms with Crippen molar-refractivity contribution in [2.75, 3.05) is 26.4 Å². The number of unbranched alkanes of at least 4 members (excludes halogenated alkanes) is 6. The predicted molar refractivity (Wildman–Crippen MR) is 205 cm³/mol. The molecule has 4 nitrogen and oxygen atoms in total. The molecule has 260 valence electrons. The van der Waals surface area contributed by atoms with Gasteiger partial charge in [0.05, 0.1) is 26.4 Å². The van der Waals surface area contributed by atoms with Gasteiger partial charge in [0.1, 0.15) is 0 Å². The Morgan fingerprint density at radius 2 is 0.667 bits per heavy atom. The van der Waals surface area contributed by atoms with Crippen molar-refractivity contribution in [3.8, 4) is 23.0 Å². The van der Waals surface area contributed by atoms with Gasteiger partial charge in [0.2, 0.25) is 0 Å². The zero-order valence-electron chi connectivity index (χ0n) is 30.8. The lowest BCUT2D eigenvalue weighted by Crippen LogP contribution is -2.04. The second kappa shape index (κ2) is 17.8. The SMILES string of the molecule is CCCCOc1cc2c(cc1OCCCC)C1=C(CCCC)c3cc4cc(OCCCC)c(OCCCC)cc4cc3C1=C2CCCC. The summed E-state index contributed by atoms with van der Waals surface area (Å²) in [6.07, 6.45) is 15.3. The molecule has 0 heterocycles. The molecule has 4 heteroatoms. The van der Waals surface area contributed by atoms with Crippen LogP contribution in [0.1, 0.15) is 154 Å². The monoisotopic (exact) mass is 652 g/mol. The topological polar surface area (TPSA) is 36.9 Å². The Morgan fingerprint density at radius 3 is 1.06 bits per heavy atom. The molecule has 0 fully saturated rings. The van der Waals surface area contributed by atoms with Crippen LogP contribution in [0.3, 0.4) is 0 Å². The smallest absolute Gasteiger partial charge is 0.161 e. The fourth-order valence-corrected chi connectivity index (χ4v) is 6.93. The molecule has 0 radical (unpaired) electrons. The number of benzene rings is 3. The molecule has 0 aromatic heterocycles. The van der Waals surface area contributed by atoms with E-state index in [1.807, 2.05) is 0 Å². The second-order valence-electron chi connectivity index (χ2n) is 13.6. The molecule has 0 atom stereocenters. The number of allylic oxidation sites excluding steroid dienone is 4. The Labute approximate surface area is 290 Å². The maximum absolute atomic E-state index is 6.47. The van der Waals surface area contributed by atoms with E-state index in [1.54, 1.807) is 0 Å². The fraction of sp³-hybridized carbons (Fsp3) is 0.545. The van der Waals surface area contributed by atoms with Gasteiger partial charge in [-0.05, 0) is 143 Å². The molecule has 2 aliphatic rings. The number of rotatable bonds is 22. The van der Waals surface area contributed by atoms with Crippen molar-refractivity contribution in [1.82, 2.24) is 0 Å². The summed E-state index contributed by atoms with van der Waals surface area (Å²) in [5, 5.41) is 2.43. The molecule has 0 amide bonds. The highest BCUT2D eigenvalue weighted by atomic mass is 16.5. The van der Waals surface area contributed by atoms with Crippen LogP contribution in [0.15, 0.2) is 36.4 Å². The third-order valence-corrected chi connectivity index (χ3v) is 9.75. The Morgan fingerprint density at radius 1 is 0.354 bits per heavy atom. The minimum absolute atomic E-state index is 0.705. The number of ether oxygens (including phenoxy) is 4. The van der Waals surface area contributed by atoms with Crippen LogP contribution < -0.4 is 18.9 Å². The van der Waals surface area contributed by atoms with Gasteiger partial charge in [-0.3, -0.25) is 0 Å². The quantitative estimate of drug-likeness (QED) is 0.101. The lowest BCUT2D eigenvalue weighted by Gasteiger charge is -2.18. The third-order valence-electron chi connectivity index (χ3n) is 9.75. The zero-order valence-corrected chi connectivity index (χ0v) is 30.8. The van der Waals surface area contributed by atoms with Crippen LogP contribution in [0.5, 0.6) is 23.0 Å². The lowest BCUT2D eigenvalue weighted by molar-refractivity contribution is 0.262. The van der Waals surface area contributed by atoms with Crippen LogP contribution in [-0.2, 0) is 0 Å². The number of fused-ring (bicyclic) bond motifs is 6. The molecule has 0 saturated heterocycles. The van der Waals surface area contributed by atoms with E-state index in [9.17, 15) is 0 Å². The standard InChI is InChI=1S/C44H60O4/c1-7-13-19-33-35-25-31-27-39(45-21-15-9-3)40(46-22-16-10-4)28-32(31)26-37(35)43-34(20-14-8-2)36-29-41(47-23-17-11-5)42(48-24-18-12-6)30-38(36)44(33)43/h25-30H,7-24H2,1-6H3. The van der Waals surface area contributed by atoms with Crippen molar-refractivity contribution in [2.45, 2.75) is 131 Å². The average Bonchev–Trinajstić information content (AvgIpc) is 3.56. The van der Waals surface area contributed by atoms with Crippen molar-refractivity contribution in [3.63, 3.8) is 0 Å². The van der Waals surface area contributed by atoms with Gasteiger partial charge in [0.15, 0.2) is 23.0 Å². The van der Waals surface area contributed by atoms with Gasteiger partial charge >= 0.3 is 0 Å². The molecule has 0 saturated carbocycles. The van der Waals surface area contributed by atoms with E-state index < -0.39 is 0 Å². The van der Waals surface area contributed by atoms with Gasteiger partial charge < -0.3 is 18.9 Å². The second-order valence-corrected chi connectivity index (χ2v) is 13.6. The highest BCUT2D eigenvalue weighted by Crippen LogP contribution is 2.59. The van der Waals surface area contributed by atoms with Gasteiger partial charge in [-0.1, -0.05) is 80.1 Å². The Balaban J connectivity index is 1.69. The van der Waals surface area contributed by atoms with Gasteiger partial charge in [0.25, 0.3) is 0 Å². The molecule has 0 aliphatic heterocycles. The average molecular weight is 653 g/mol. The van der Waals surface area contributed by atoms with Crippen molar-refractivity contribution in [3.05, 3.63) is 58.7 Å². The van der Waals surface area contributed by atoms with Gasteiger partial charge in [0, 0.05) is 0 Å². The van der Waals surface area contributed by atoms with E-state index in [0.717, 1.165) is 113 Å². The first kappa shape index (κ1) is 35.9. The summed E-state index contributed by atoms with van der Waals surface area (Å²) in [5.41, 5.74) is 11.2.